The van der Waals surface area contributed by atoms with Gasteiger partial charge in [-0.2, -0.15) is 0 Å². The molecule has 1 aromatic carbocycles. The molecule has 0 fully saturated rings. The number of nitrogen functional groups attached to an aromatic ring is 1. The number of carboxylic acids is 3. The number of hydrogen-bond donors (Lipinski definition) is 5. The number of aromatic amines is 1. The van der Waals surface area contributed by atoms with E-state index in [0.717, 1.165) is 0 Å². The van der Waals surface area contributed by atoms with Gasteiger partial charge in [-0.05, 0) is 30.2 Å². The maximum absolute atomic E-state index is 11.9. The van der Waals surface area contributed by atoms with Gasteiger partial charge in [0.2, 0.25) is 0 Å². The van der Waals surface area contributed by atoms with Crippen LogP contribution in [0.4, 0.5) is 5.82 Å². The molecule has 124 valence electrons. The molecule has 1 heterocycles. The Bertz CT molecular complexity index is 944. The van der Waals surface area contributed by atoms with E-state index in [9.17, 15) is 29.4 Å². The van der Waals surface area contributed by atoms with Crippen LogP contribution in [0.5, 0.6) is 0 Å². The van der Waals surface area contributed by atoms with Crippen molar-refractivity contribution in [2.45, 2.75) is 6.92 Å². The Morgan fingerprint density at radius 1 is 1.00 bits per heavy atom. The second-order valence-electron chi connectivity index (χ2n) is 4.94. The average Bonchev–Trinajstić information content (AvgIpc) is 2.45. The molecule has 0 saturated heterocycles. The molecule has 0 unspecified atom stereocenters. The summed E-state index contributed by atoms with van der Waals surface area (Å²) in [5, 5.41) is 27.6. The van der Waals surface area contributed by atoms with Crippen LogP contribution < -0.4 is 11.3 Å². The first kappa shape index (κ1) is 16.7. The van der Waals surface area contributed by atoms with Gasteiger partial charge in [0.1, 0.15) is 16.9 Å². The van der Waals surface area contributed by atoms with Crippen LogP contribution >= 0.6 is 0 Å². The summed E-state index contributed by atoms with van der Waals surface area (Å²) in [5.41, 5.74) is 3.06. The third-order valence-electron chi connectivity index (χ3n) is 3.42. The first-order chi connectivity index (χ1) is 11.1. The van der Waals surface area contributed by atoms with Crippen LogP contribution in [0.15, 0.2) is 23.0 Å². The first-order valence-electron chi connectivity index (χ1n) is 6.51. The van der Waals surface area contributed by atoms with E-state index in [1.54, 1.807) is 0 Å². The fourth-order valence-corrected chi connectivity index (χ4v) is 2.39. The van der Waals surface area contributed by atoms with E-state index < -0.39 is 40.4 Å². The molecule has 0 aliphatic carbocycles. The van der Waals surface area contributed by atoms with Crippen molar-refractivity contribution in [3.8, 4) is 11.1 Å². The predicted molar refractivity (Wildman–Crippen MR) is 82.5 cm³/mol. The molecule has 2 rings (SSSR count). The number of aromatic nitrogens is 1. The smallest absolute Gasteiger partial charge is 0.342 e. The van der Waals surface area contributed by atoms with Crippen molar-refractivity contribution in [1.29, 1.82) is 0 Å². The molecule has 0 saturated carbocycles. The molecule has 9 nitrogen and oxygen atoms in total. The summed E-state index contributed by atoms with van der Waals surface area (Å²) < 4.78 is 0. The fourth-order valence-electron chi connectivity index (χ4n) is 2.39. The number of nitrogens with one attached hydrogen (secondary N) is 1. The van der Waals surface area contributed by atoms with E-state index in [2.05, 4.69) is 0 Å². The predicted octanol–water partition coefficient (Wildman–Crippen LogP) is 1.03. The number of carboxylic acid groups (broad SMARTS) is 3. The van der Waals surface area contributed by atoms with Crippen LogP contribution in [-0.4, -0.2) is 38.2 Å². The molecule has 6 N–H and O–H groups in total. The van der Waals surface area contributed by atoms with Crippen LogP contribution in [0.3, 0.4) is 0 Å². The molecule has 0 spiro atoms. The second-order valence-corrected chi connectivity index (χ2v) is 4.94. The van der Waals surface area contributed by atoms with Gasteiger partial charge in [0.25, 0.3) is 5.56 Å². The molecule has 0 aliphatic heterocycles. The Kier molecular flexibility index (Phi) is 4.10. The number of hydrogen-bond acceptors (Lipinski definition) is 5. The van der Waals surface area contributed by atoms with Crippen LogP contribution in [0, 0.1) is 6.92 Å². The lowest BCUT2D eigenvalue weighted by Gasteiger charge is -2.14. The van der Waals surface area contributed by atoms with Crippen molar-refractivity contribution in [1.82, 2.24) is 4.98 Å². The van der Waals surface area contributed by atoms with Crippen molar-refractivity contribution < 1.29 is 29.7 Å². The molecule has 0 amide bonds. The quantitative estimate of drug-likeness (QED) is 0.552. The number of rotatable bonds is 4. The van der Waals surface area contributed by atoms with Crippen molar-refractivity contribution in [3.63, 3.8) is 0 Å². The van der Waals surface area contributed by atoms with E-state index in [-0.39, 0.29) is 22.3 Å². The molecular formula is C15H12N2O7. The van der Waals surface area contributed by atoms with E-state index in [1.807, 2.05) is 4.98 Å². The van der Waals surface area contributed by atoms with Crippen molar-refractivity contribution in [3.05, 3.63) is 50.8 Å². The summed E-state index contributed by atoms with van der Waals surface area (Å²) >= 11 is 0. The Labute approximate surface area is 134 Å². The molecule has 0 bridgehead atoms. The topological polar surface area (TPSA) is 171 Å². The largest absolute Gasteiger partial charge is 0.478 e. The lowest BCUT2D eigenvalue weighted by molar-refractivity contribution is 0.0681. The third kappa shape index (κ3) is 2.70. The van der Waals surface area contributed by atoms with Gasteiger partial charge in [0.15, 0.2) is 0 Å². The normalized spacial score (nSPS) is 10.4. The lowest BCUT2D eigenvalue weighted by atomic mass is 9.91. The summed E-state index contributed by atoms with van der Waals surface area (Å²) in [4.78, 5) is 47.9. The van der Waals surface area contributed by atoms with Crippen molar-refractivity contribution in [2.24, 2.45) is 0 Å². The van der Waals surface area contributed by atoms with Crippen LogP contribution in [-0.2, 0) is 0 Å². The van der Waals surface area contributed by atoms with E-state index in [0.29, 0.717) is 0 Å². The highest BCUT2D eigenvalue weighted by molar-refractivity contribution is 6.07. The summed E-state index contributed by atoms with van der Waals surface area (Å²) in [7, 11) is 0. The van der Waals surface area contributed by atoms with Gasteiger partial charge in [0.05, 0.1) is 5.56 Å². The third-order valence-corrected chi connectivity index (χ3v) is 3.42. The van der Waals surface area contributed by atoms with Crippen molar-refractivity contribution in [2.75, 3.05) is 5.73 Å². The van der Waals surface area contributed by atoms with Crippen LogP contribution in [0.2, 0.25) is 0 Å². The number of anilines is 1. The number of pyridine rings is 1. The average molecular weight is 332 g/mol. The molecule has 0 radical (unpaired) electrons. The minimum Gasteiger partial charge on any atom is -0.478 e. The SMILES string of the molecule is Cc1cc(C(=O)O)ccc1-c1c(C(=O)O)c(N)[nH]c(=O)c1C(=O)O. The zero-order valence-corrected chi connectivity index (χ0v) is 12.3. The Morgan fingerprint density at radius 3 is 2.04 bits per heavy atom. The summed E-state index contributed by atoms with van der Waals surface area (Å²) in [6, 6.07) is 3.66. The zero-order valence-electron chi connectivity index (χ0n) is 12.3. The van der Waals surface area contributed by atoms with E-state index in [4.69, 9.17) is 10.8 Å². The number of nitrogens with two attached hydrogens (primary N) is 1. The molecule has 24 heavy (non-hydrogen) atoms. The highest BCUT2D eigenvalue weighted by atomic mass is 16.4. The summed E-state index contributed by atoms with van der Waals surface area (Å²) in [6.07, 6.45) is 0. The first-order valence-corrected chi connectivity index (χ1v) is 6.51. The zero-order chi connectivity index (χ0) is 18.2. The molecular weight excluding hydrogens is 320 g/mol. The van der Waals surface area contributed by atoms with Gasteiger partial charge >= 0.3 is 17.9 Å². The number of carbonyl (C=O) groups is 3. The highest BCUT2D eigenvalue weighted by Crippen LogP contribution is 2.32. The molecule has 0 atom stereocenters. The Hall–Kier alpha value is -3.62. The molecule has 9 heteroatoms. The Balaban J connectivity index is 2.97. The fraction of sp³-hybridized carbons (Fsp3) is 0.0667. The maximum atomic E-state index is 11.9. The molecule has 0 aliphatic rings. The number of aryl methyl sites for hydroxylation is 1. The van der Waals surface area contributed by atoms with E-state index in [1.165, 1.54) is 25.1 Å². The number of aromatic carboxylic acids is 3. The maximum Gasteiger partial charge on any atom is 0.342 e. The standard InChI is InChI=1S/C15H12N2O7/c1-5-4-6(13(19)20)2-3-7(5)8-9(14(21)22)11(16)17-12(18)10(8)15(23)24/h2-4H,1H3,(H,19,20)(H,21,22)(H,23,24)(H3,16,17,18). The van der Waals surface area contributed by atoms with Gasteiger partial charge in [-0.15, -0.1) is 0 Å². The van der Waals surface area contributed by atoms with Gasteiger partial charge in [-0.25, -0.2) is 14.4 Å². The van der Waals surface area contributed by atoms with Crippen LogP contribution in [0.1, 0.15) is 36.6 Å². The molecule has 1 aromatic heterocycles. The van der Waals surface area contributed by atoms with Crippen molar-refractivity contribution >= 4 is 23.7 Å². The monoisotopic (exact) mass is 332 g/mol. The number of H-pyrrole nitrogens is 1. The van der Waals surface area contributed by atoms with Gasteiger partial charge in [-0.1, -0.05) is 6.07 Å². The van der Waals surface area contributed by atoms with Crippen LogP contribution in [0.25, 0.3) is 11.1 Å². The summed E-state index contributed by atoms with van der Waals surface area (Å²) in [5.74, 6) is -4.85. The van der Waals surface area contributed by atoms with Gasteiger partial charge in [0, 0.05) is 5.56 Å². The second kappa shape index (κ2) is 5.88. The van der Waals surface area contributed by atoms with E-state index >= 15 is 0 Å². The molecule has 2 aromatic rings. The minimum atomic E-state index is -1.63. The van der Waals surface area contributed by atoms with Gasteiger partial charge in [-0.3, -0.25) is 4.79 Å². The van der Waals surface area contributed by atoms with Gasteiger partial charge < -0.3 is 26.0 Å². The Morgan fingerprint density at radius 2 is 1.58 bits per heavy atom. The number of benzene rings is 1. The highest BCUT2D eigenvalue weighted by Gasteiger charge is 2.27. The minimum absolute atomic E-state index is 0.0668. The summed E-state index contributed by atoms with van der Waals surface area (Å²) in [6.45, 7) is 1.47. The lowest BCUT2D eigenvalue weighted by Crippen LogP contribution is -2.24.